The van der Waals surface area contributed by atoms with Crippen molar-refractivity contribution in [3.8, 4) is 0 Å². The molecule has 2 rings (SSSR count). The maximum atomic E-state index is 8.75. The van der Waals surface area contributed by atoms with Crippen LogP contribution < -0.4 is 5.73 Å². The van der Waals surface area contributed by atoms with Crippen molar-refractivity contribution in [1.82, 2.24) is 9.97 Å². The fourth-order valence-electron chi connectivity index (χ4n) is 1.51. The first-order valence-electron chi connectivity index (χ1n) is 5.66. The third-order valence-corrected chi connectivity index (χ3v) is 3.69. The topological polar surface area (TPSA) is 84.4 Å². The van der Waals surface area contributed by atoms with Crippen LogP contribution >= 0.6 is 11.8 Å². The summed E-state index contributed by atoms with van der Waals surface area (Å²) < 4.78 is 0. The third-order valence-electron chi connectivity index (χ3n) is 2.71. The monoisotopic (exact) mass is 274 g/mol. The molecule has 0 aliphatic rings. The molecule has 98 valence electrons. The van der Waals surface area contributed by atoms with Gasteiger partial charge in [0.2, 0.25) is 0 Å². The average molecular weight is 274 g/mol. The van der Waals surface area contributed by atoms with Crippen LogP contribution in [0.2, 0.25) is 0 Å². The van der Waals surface area contributed by atoms with Gasteiger partial charge >= 0.3 is 0 Å². The number of rotatable bonds is 3. The Kier molecular flexibility index (Phi) is 4.01. The van der Waals surface area contributed by atoms with E-state index in [4.69, 9.17) is 10.9 Å². The molecule has 1 aromatic heterocycles. The Labute approximate surface area is 115 Å². The van der Waals surface area contributed by atoms with E-state index in [0.717, 1.165) is 4.90 Å². The van der Waals surface area contributed by atoms with Gasteiger partial charge in [-0.15, -0.1) is 0 Å². The van der Waals surface area contributed by atoms with E-state index in [1.807, 2.05) is 6.07 Å². The summed E-state index contributed by atoms with van der Waals surface area (Å²) in [7, 11) is 0. The number of oxime groups is 1. The number of hydrogen-bond donors (Lipinski definition) is 2. The number of hydrogen-bond acceptors (Lipinski definition) is 5. The minimum Gasteiger partial charge on any atom is -0.409 e. The van der Waals surface area contributed by atoms with Crippen LogP contribution in [0.25, 0.3) is 0 Å². The molecule has 0 spiro atoms. The average Bonchev–Trinajstić information content (AvgIpc) is 2.43. The van der Waals surface area contributed by atoms with E-state index in [0.29, 0.717) is 10.7 Å². The second-order valence-corrected chi connectivity index (χ2v) is 5.11. The summed E-state index contributed by atoms with van der Waals surface area (Å²) in [5, 5.41) is 12.3. The Morgan fingerprint density at radius 2 is 1.95 bits per heavy atom. The molecule has 2 aromatic rings. The molecule has 0 bridgehead atoms. The lowest BCUT2D eigenvalue weighted by atomic mass is 10.1. The minimum absolute atomic E-state index is 0.0422. The summed E-state index contributed by atoms with van der Waals surface area (Å²) in [4.78, 5) is 9.35. The molecular weight excluding hydrogens is 260 g/mol. The number of nitrogens with two attached hydrogens (primary N) is 1. The number of aromatic nitrogens is 2. The minimum atomic E-state index is -0.0422. The number of benzene rings is 1. The van der Waals surface area contributed by atoms with Gasteiger partial charge in [0, 0.05) is 17.3 Å². The molecule has 0 radical (unpaired) electrons. The van der Waals surface area contributed by atoms with Crippen molar-refractivity contribution >= 4 is 17.6 Å². The van der Waals surface area contributed by atoms with Gasteiger partial charge in [0.15, 0.2) is 5.84 Å². The second kappa shape index (κ2) is 5.71. The van der Waals surface area contributed by atoms with Crippen molar-refractivity contribution in [3.63, 3.8) is 0 Å². The van der Waals surface area contributed by atoms with Crippen LogP contribution in [0, 0.1) is 13.8 Å². The van der Waals surface area contributed by atoms with Gasteiger partial charge in [-0.25, -0.2) is 9.97 Å². The zero-order valence-corrected chi connectivity index (χ0v) is 11.5. The van der Waals surface area contributed by atoms with E-state index < -0.39 is 0 Å². The van der Waals surface area contributed by atoms with Gasteiger partial charge in [0.25, 0.3) is 0 Å². The van der Waals surface area contributed by atoms with Gasteiger partial charge < -0.3 is 10.9 Å². The zero-order chi connectivity index (χ0) is 13.8. The Morgan fingerprint density at radius 1 is 1.21 bits per heavy atom. The first-order valence-corrected chi connectivity index (χ1v) is 6.47. The van der Waals surface area contributed by atoms with Crippen molar-refractivity contribution < 1.29 is 5.21 Å². The zero-order valence-electron chi connectivity index (χ0n) is 10.7. The molecule has 1 aromatic carbocycles. The molecule has 0 saturated heterocycles. The van der Waals surface area contributed by atoms with Crippen LogP contribution in [0.4, 0.5) is 0 Å². The van der Waals surface area contributed by atoms with E-state index in [1.54, 1.807) is 6.20 Å². The lowest BCUT2D eigenvalue weighted by molar-refractivity contribution is 0.318. The van der Waals surface area contributed by atoms with Gasteiger partial charge in [-0.2, -0.15) is 0 Å². The summed E-state index contributed by atoms with van der Waals surface area (Å²) in [6, 6.07) is 6.14. The molecule has 19 heavy (non-hydrogen) atoms. The fraction of sp³-hybridized carbons (Fsp3) is 0.154. The summed E-state index contributed by atoms with van der Waals surface area (Å²) in [5.41, 5.74) is 8.41. The lowest BCUT2D eigenvalue weighted by Crippen LogP contribution is -2.16. The van der Waals surface area contributed by atoms with Gasteiger partial charge in [0.1, 0.15) is 10.7 Å². The summed E-state index contributed by atoms with van der Waals surface area (Å²) in [6.45, 7) is 4.12. The van der Waals surface area contributed by atoms with Crippen LogP contribution in [0.1, 0.15) is 16.8 Å². The third kappa shape index (κ3) is 3.03. The van der Waals surface area contributed by atoms with Crippen molar-refractivity contribution in [2.24, 2.45) is 10.9 Å². The highest BCUT2D eigenvalue weighted by atomic mass is 32.2. The van der Waals surface area contributed by atoms with Crippen molar-refractivity contribution in [2.45, 2.75) is 23.8 Å². The molecule has 0 aliphatic carbocycles. The van der Waals surface area contributed by atoms with Crippen molar-refractivity contribution in [1.29, 1.82) is 0 Å². The largest absolute Gasteiger partial charge is 0.409 e. The molecule has 6 heteroatoms. The molecule has 0 unspecified atom stereocenters. The summed E-state index contributed by atoms with van der Waals surface area (Å²) in [6.07, 6.45) is 3.09. The van der Waals surface area contributed by atoms with E-state index >= 15 is 0 Å². The predicted molar refractivity (Wildman–Crippen MR) is 74.6 cm³/mol. The molecule has 0 saturated carbocycles. The molecule has 0 atom stereocenters. The van der Waals surface area contributed by atoms with Crippen molar-refractivity contribution in [3.05, 3.63) is 47.4 Å². The standard InChI is InChI=1S/C13H14N4OS/c1-8-3-4-10(7-9(8)2)19-13-11(12(14)17-18)15-5-6-16-13/h3-7,18H,1-2H3,(H2,14,17). The van der Waals surface area contributed by atoms with E-state index in [2.05, 4.69) is 41.1 Å². The normalized spacial score (nSPS) is 11.6. The van der Waals surface area contributed by atoms with E-state index in [-0.39, 0.29) is 5.84 Å². The first kappa shape index (κ1) is 13.4. The Morgan fingerprint density at radius 3 is 2.63 bits per heavy atom. The van der Waals surface area contributed by atoms with Crippen molar-refractivity contribution in [2.75, 3.05) is 0 Å². The Bertz CT molecular complexity index is 628. The number of aryl methyl sites for hydroxylation is 2. The second-order valence-electron chi connectivity index (χ2n) is 4.04. The van der Waals surface area contributed by atoms with Gasteiger partial charge in [-0.3, -0.25) is 0 Å². The molecule has 0 amide bonds. The predicted octanol–water partition coefficient (Wildman–Crippen LogP) is 2.34. The molecule has 3 N–H and O–H groups in total. The highest BCUT2D eigenvalue weighted by Gasteiger charge is 2.11. The lowest BCUT2D eigenvalue weighted by Gasteiger charge is -2.07. The highest BCUT2D eigenvalue weighted by molar-refractivity contribution is 7.99. The van der Waals surface area contributed by atoms with E-state index in [1.165, 1.54) is 29.1 Å². The van der Waals surface area contributed by atoms with Crippen LogP contribution in [0.5, 0.6) is 0 Å². The maximum absolute atomic E-state index is 8.75. The number of nitrogens with zero attached hydrogens (tertiary/aromatic N) is 3. The Balaban J connectivity index is 2.35. The SMILES string of the molecule is Cc1ccc(Sc2nccnc2C(N)=NO)cc1C. The Hall–Kier alpha value is -2.08. The van der Waals surface area contributed by atoms with E-state index in [9.17, 15) is 0 Å². The molecule has 0 fully saturated rings. The summed E-state index contributed by atoms with van der Waals surface area (Å²) >= 11 is 1.44. The fourth-order valence-corrected chi connectivity index (χ4v) is 2.47. The number of amidine groups is 1. The van der Waals surface area contributed by atoms with Crippen LogP contribution in [-0.2, 0) is 0 Å². The van der Waals surface area contributed by atoms with Gasteiger partial charge in [0.05, 0.1) is 0 Å². The quantitative estimate of drug-likeness (QED) is 0.388. The van der Waals surface area contributed by atoms with Crippen LogP contribution in [0.15, 0.2) is 45.7 Å². The van der Waals surface area contributed by atoms with Crippen LogP contribution in [0.3, 0.4) is 0 Å². The molecule has 5 nitrogen and oxygen atoms in total. The molecule has 0 aliphatic heterocycles. The molecular formula is C13H14N4OS. The first-order chi connectivity index (χ1) is 9.11. The summed E-state index contributed by atoms with van der Waals surface area (Å²) in [5.74, 6) is -0.0422. The smallest absolute Gasteiger partial charge is 0.191 e. The maximum Gasteiger partial charge on any atom is 0.191 e. The highest BCUT2D eigenvalue weighted by Crippen LogP contribution is 2.29. The van der Waals surface area contributed by atoms with Gasteiger partial charge in [-0.05, 0) is 37.1 Å². The molecule has 1 heterocycles. The van der Waals surface area contributed by atoms with Gasteiger partial charge in [-0.1, -0.05) is 23.0 Å². The van der Waals surface area contributed by atoms with Crippen LogP contribution in [-0.4, -0.2) is 21.0 Å².